The first-order valence-corrected chi connectivity index (χ1v) is 5.66. The first-order chi connectivity index (χ1) is 6.69. The summed E-state index contributed by atoms with van der Waals surface area (Å²) in [5.74, 6) is 0.743. The minimum absolute atomic E-state index is 0.203. The molecule has 0 aromatic carbocycles. The maximum atomic E-state index is 5.63. The lowest BCUT2D eigenvalue weighted by atomic mass is 10.0. The van der Waals surface area contributed by atoms with Crippen molar-refractivity contribution in [2.24, 2.45) is 11.7 Å². The van der Waals surface area contributed by atoms with E-state index in [2.05, 4.69) is 18.7 Å². The van der Waals surface area contributed by atoms with Crippen LogP contribution in [0.4, 0.5) is 0 Å². The number of nitrogens with two attached hydrogens (primary N) is 1. The molecule has 0 radical (unpaired) electrons. The fourth-order valence-corrected chi connectivity index (χ4v) is 2.34. The molecule has 0 amide bonds. The molecule has 1 aliphatic heterocycles. The van der Waals surface area contributed by atoms with Crippen LogP contribution in [-0.2, 0) is 4.74 Å². The summed E-state index contributed by atoms with van der Waals surface area (Å²) < 4.78 is 5.32. The zero-order valence-corrected chi connectivity index (χ0v) is 9.70. The molecule has 0 aromatic rings. The first kappa shape index (κ1) is 12.0. The maximum Gasteiger partial charge on any atom is 0.0820 e. The van der Waals surface area contributed by atoms with E-state index in [1.807, 2.05) is 0 Å². The molecule has 3 heteroatoms. The van der Waals surface area contributed by atoms with Crippen LogP contribution in [0, 0.1) is 5.92 Å². The number of ether oxygens (including phenoxy) is 1. The predicted molar refractivity (Wildman–Crippen MR) is 59.3 cm³/mol. The van der Waals surface area contributed by atoms with Gasteiger partial charge in [-0.1, -0.05) is 13.8 Å². The summed E-state index contributed by atoms with van der Waals surface area (Å²) in [4.78, 5) is 2.53. The van der Waals surface area contributed by atoms with Gasteiger partial charge in [-0.2, -0.15) is 0 Å². The molecule has 1 aliphatic rings. The van der Waals surface area contributed by atoms with E-state index >= 15 is 0 Å². The monoisotopic (exact) mass is 200 g/mol. The van der Waals surface area contributed by atoms with Crippen LogP contribution in [0.25, 0.3) is 0 Å². The third-order valence-electron chi connectivity index (χ3n) is 3.22. The minimum Gasteiger partial charge on any atom is -0.379 e. The SMILES string of the molecule is COC(CN)CN1CCCC1C(C)C. The molecule has 1 heterocycles. The van der Waals surface area contributed by atoms with Gasteiger partial charge in [0.15, 0.2) is 0 Å². The highest BCUT2D eigenvalue weighted by Gasteiger charge is 2.28. The Bertz CT molecular complexity index is 157. The van der Waals surface area contributed by atoms with E-state index in [0.717, 1.165) is 18.5 Å². The Labute approximate surface area is 87.6 Å². The van der Waals surface area contributed by atoms with Gasteiger partial charge in [-0.05, 0) is 25.3 Å². The number of methoxy groups -OCH3 is 1. The second-order valence-corrected chi connectivity index (χ2v) is 4.54. The zero-order valence-electron chi connectivity index (χ0n) is 9.70. The smallest absolute Gasteiger partial charge is 0.0820 e. The van der Waals surface area contributed by atoms with Crippen molar-refractivity contribution in [3.63, 3.8) is 0 Å². The topological polar surface area (TPSA) is 38.5 Å². The molecular weight excluding hydrogens is 176 g/mol. The van der Waals surface area contributed by atoms with Gasteiger partial charge in [0.05, 0.1) is 6.10 Å². The normalized spacial score (nSPS) is 25.9. The van der Waals surface area contributed by atoms with Crippen LogP contribution in [0.5, 0.6) is 0 Å². The highest BCUT2D eigenvalue weighted by atomic mass is 16.5. The molecule has 1 rings (SSSR count). The third-order valence-corrected chi connectivity index (χ3v) is 3.22. The highest BCUT2D eigenvalue weighted by Crippen LogP contribution is 2.23. The fraction of sp³-hybridized carbons (Fsp3) is 1.00. The van der Waals surface area contributed by atoms with Crippen molar-refractivity contribution < 1.29 is 4.74 Å². The molecule has 0 aromatic heterocycles. The molecule has 2 unspecified atom stereocenters. The lowest BCUT2D eigenvalue weighted by Crippen LogP contribution is -2.42. The molecule has 1 fully saturated rings. The van der Waals surface area contributed by atoms with Crippen molar-refractivity contribution in [1.29, 1.82) is 0 Å². The summed E-state index contributed by atoms with van der Waals surface area (Å²) in [6.07, 6.45) is 2.86. The van der Waals surface area contributed by atoms with Gasteiger partial charge in [0.1, 0.15) is 0 Å². The Morgan fingerprint density at radius 2 is 2.21 bits per heavy atom. The van der Waals surface area contributed by atoms with Gasteiger partial charge in [0, 0.05) is 26.2 Å². The lowest BCUT2D eigenvalue weighted by Gasteiger charge is -2.30. The summed E-state index contributed by atoms with van der Waals surface area (Å²) in [7, 11) is 1.75. The van der Waals surface area contributed by atoms with Gasteiger partial charge in [0.25, 0.3) is 0 Å². The van der Waals surface area contributed by atoms with E-state index in [9.17, 15) is 0 Å². The van der Waals surface area contributed by atoms with Crippen molar-refractivity contribution >= 4 is 0 Å². The van der Waals surface area contributed by atoms with Crippen molar-refractivity contribution in [2.45, 2.75) is 38.8 Å². The molecule has 2 atom stereocenters. The van der Waals surface area contributed by atoms with Crippen LogP contribution in [0.3, 0.4) is 0 Å². The van der Waals surface area contributed by atoms with E-state index in [1.54, 1.807) is 7.11 Å². The fourth-order valence-electron chi connectivity index (χ4n) is 2.34. The van der Waals surface area contributed by atoms with Crippen LogP contribution in [0.2, 0.25) is 0 Å². The molecule has 0 saturated carbocycles. The van der Waals surface area contributed by atoms with Crippen LogP contribution >= 0.6 is 0 Å². The largest absolute Gasteiger partial charge is 0.379 e. The molecule has 14 heavy (non-hydrogen) atoms. The molecular formula is C11H24N2O. The van der Waals surface area contributed by atoms with E-state index in [4.69, 9.17) is 10.5 Å². The second-order valence-electron chi connectivity index (χ2n) is 4.54. The number of nitrogens with zero attached hydrogens (tertiary/aromatic N) is 1. The minimum atomic E-state index is 0.203. The number of likely N-dealkylation sites (tertiary alicyclic amines) is 1. The molecule has 1 saturated heterocycles. The van der Waals surface area contributed by atoms with Gasteiger partial charge in [0.2, 0.25) is 0 Å². The second kappa shape index (κ2) is 5.69. The van der Waals surface area contributed by atoms with Crippen molar-refractivity contribution in [3.8, 4) is 0 Å². The van der Waals surface area contributed by atoms with Crippen LogP contribution in [-0.4, -0.2) is 43.8 Å². The predicted octanol–water partition coefficient (Wildman–Crippen LogP) is 1.08. The van der Waals surface area contributed by atoms with Crippen LogP contribution < -0.4 is 5.73 Å². The molecule has 0 spiro atoms. The molecule has 3 nitrogen and oxygen atoms in total. The molecule has 0 bridgehead atoms. The quantitative estimate of drug-likeness (QED) is 0.722. The number of hydrogen-bond acceptors (Lipinski definition) is 3. The third kappa shape index (κ3) is 2.94. The Morgan fingerprint density at radius 3 is 2.71 bits per heavy atom. The highest BCUT2D eigenvalue weighted by molar-refractivity contribution is 4.83. The summed E-state index contributed by atoms with van der Waals surface area (Å²) in [6.45, 7) is 7.43. The van der Waals surface area contributed by atoms with Gasteiger partial charge in [-0.3, -0.25) is 4.90 Å². The van der Waals surface area contributed by atoms with E-state index in [1.165, 1.54) is 19.4 Å². The number of hydrogen-bond donors (Lipinski definition) is 1. The van der Waals surface area contributed by atoms with Crippen LogP contribution in [0.1, 0.15) is 26.7 Å². The summed E-state index contributed by atoms with van der Waals surface area (Å²) in [5, 5.41) is 0. The summed E-state index contributed by atoms with van der Waals surface area (Å²) in [6, 6.07) is 0.735. The Kier molecular flexibility index (Phi) is 4.85. The average molecular weight is 200 g/mol. The summed E-state index contributed by atoms with van der Waals surface area (Å²) in [5.41, 5.74) is 5.63. The molecule has 0 aliphatic carbocycles. The average Bonchev–Trinajstić information content (AvgIpc) is 2.62. The summed E-state index contributed by atoms with van der Waals surface area (Å²) >= 11 is 0. The van der Waals surface area contributed by atoms with Gasteiger partial charge in [-0.25, -0.2) is 0 Å². The van der Waals surface area contributed by atoms with Crippen LogP contribution in [0.15, 0.2) is 0 Å². The standard InChI is InChI=1S/C11H24N2O/c1-9(2)11-5-4-6-13(11)8-10(7-12)14-3/h9-11H,4-8,12H2,1-3H3. The van der Waals surface area contributed by atoms with E-state index in [-0.39, 0.29) is 6.10 Å². The van der Waals surface area contributed by atoms with Gasteiger partial charge in [-0.15, -0.1) is 0 Å². The lowest BCUT2D eigenvalue weighted by molar-refractivity contribution is 0.0586. The molecule has 2 N–H and O–H groups in total. The Balaban J connectivity index is 2.42. The number of rotatable bonds is 5. The van der Waals surface area contributed by atoms with Crippen molar-refractivity contribution in [1.82, 2.24) is 4.90 Å². The van der Waals surface area contributed by atoms with Gasteiger partial charge >= 0.3 is 0 Å². The zero-order chi connectivity index (χ0) is 10.6. The molecule has 84 valence electrons. The van der Waals surface area contributed by atoms with E-state index < -0.39 is 0 Å². The van der Waals surface area contributed by atoms with E-state index in [0.29, 0.717) is 6.54 Å². The van der Waals surface area contributed by atoms with Crippen molar-refractivity contribution in [2.75, 3.05) is 26.7 Å². The van der Waals surface area contributed by atoms with Gasteiger partial charge < -0.3 is 10.5 Å². The Morgan fingerprint density at radius 1 is 1.50 bits per heavy atom. The Hall–Kier alpha value is -0.120. The first-order valence-electron chi connectivity index (χ1n) is 5.66. The van der Waals surface area contributed by atoms with Crippen molar-refractivity contribution in [3.05, 3.63) is 0 Å². The maximum absolute atomic E-state index is 5.63.